The third-order valence-corrected chi connectivity index (χ3v) is 2.90. The van der Waals surface area contributed by atoms with Crippen LogP contribution in [-0.4, -0.2) is 17.3 Å². The summed E-state index contributed by atoms with van der Waals surface area (Å²) in [5.74, 6) is 0. The van der Waals surface area contributed by atoms with Crippen molar-refractivity contribution in [3.05, 3.63) is 42.5 Å². The van der Waals surface area contributed by atoms with Crippen molar-refractivity contribution in [2.45, 2.75) is 26.0 Å². The van der Waals surface area contributed by atoms with Crippen molar-refractivity contribution in [2.75, 3.05) is 5.32 Å². The van der Waals surface area contributed by atoms with Gasteiger partial charge in [0, 0.05) is 17.1 Å². The first-order chi connectivity index (χ1) is 7.68. The Hall–Kier alpha value is -1.54. The van der Waals surface area contributed by atoms with Crippen LogP contribution >= 0.6 is 0 Å². The van der Waals surface area contributed by atoms with Gasteiger partial charge >= 0.3 is 0 Å². The van der Waals surface area contributed by atoms with E-state index >= 15 is 0 Å². The number of benzene rings is 2. The highest BCUT2D eigenvalue weighted by Crippen LogP contribution is 2.23. The van der Waals surface area contributed by atoms with Crippen molar-refractivity contribution in [3.63, 3.8) is 0 Å². The molecule has 2 rings (SSSR count). The van der Waals surface area contributed by atoms with Crippen molar-refractivity contribution < 1.29 is 5.11 Å². The van der Waals surface area contributed by atoms with E-state index in [-0.39, 0.29) is 12.1 Å². The molecule has 84 valence electrons. The van der Waals surface area contributed by atoms with Crippen LogP contribution in [0.4, 0.5) is 5.69 Å². The summed E-state index contributed by atoms with van der Waals surface area (Å²) in [6.07, 6.45) is -0.362. The lowest BCUT2D eigenvalue weighted by atomic mass is 10.1. The summed E-state index contributed by atoms with van der Waals surface area (Å²) in [4.78, 5) is 0. The van der Waals surface area contributed by atoms with E-state index in [1.54, 1.807) is 6.92 Å². The van der Waals surface area contributed by atoms with Gasteiger partial charge in [0.1, 0.15) is 0 Å². The number of nitrogens with one attached hydrogen (secondary N) is 1. The summed E-state index contributed by atoms with van der Waals surface area (Å²) in [5.41, 5.74) is 1.08. The van der Waals surface area contributed by atoms with Crippen LogP contribution in [0.1, 0.15) is 13.8 Å². The molecule has 0 saturated carbocycles. The molecule has 0 aliphatic heterocycles. The van der Waals surface area contributed by atoms with Gasteiger partial charge < -0.3 is 10.4 Å². The van der Waals surface area contributed by atoms with Gasteiger partial charge in [-0.3, -0.25) is 0 Å². The Labute approximate surface area is 95.9 Å². The lowest BCUT2D eigenvalue weighted by molar-refractivity contribution is 0.178. The van der Waals surface area contributed by atoms with Gasteiger partial charge in [0.25, 0.3) is 0 Å². The molecule has 0 spiro atoms. The van der Waals surface area contributed by atoms with Crippen LogP contribution in [0.3, 0.4) is 0 Å². The van der Waals surface area contributed by atoms with Crippen LogP contribution in [0, 0.1) is 0 Å². The fraction of sp³-hybridized carbons (Fsp3) is 0.286. The summed E-state index contributed by atoms with van der Waals surface area (Å²) in [5, 5.41) is 15.2. The zero-order valence-electron chi connectivity index (χ0n) is 9.64. The van der Waals surface area contributed by atoms with Crippen LogP contribution < -0.4 is 5.32 Å². The summed E-state index contributed by atoms with van der Waals surface area (Å²) in [6, 6.07) is 14.4. The third kappa shape index (κ3) is 2.17. The van der Waals surface area contributed by atoms with Crippen molar-refractivity contribution in [1.82, 2.24) is 0 Å². The minimum absolute atomic E-state index is 0.0470. The van der Waals surface area contributed by atoms with E-state index in [2.05, 4.69) is 23.5 Å². The molecule has 0 aromatic heterocycles. The Balaban J connectivity index is 2.37. The lowest BCUT2D eigenvalue weighted by Crippen LogP contribution is -2.27. The second-order valence-electron chi connectivity index (χ2n) is 4.20. The molecular formula is C14H17NO. The van der Waals surface area contributed by atoms with E-state index in [0.29, 0.717) is 0 Å². The summed E-state index contributed by atoms with van der Waals surface area (Å²) < 4.78 is 0. The van der Waals surface area contributed by atoms with Crippen LogP contribution in [0.5, 0.6) is 0 Å². The predicted molar refractivity (Wildman–Crippen MR) is 68.7 cm³/mol. The largest absolute Gasteiger partial charge is 0.391 e. The zero-order chi connectivity index (χ0) is 11.5. The van der Waals surface area contributed by atoms with Crippen LogP contribution in [0.2, 0.25) is 0 Å². The molecule has 0 saturated heterocycles. The van der Waals surface area contributed by atoms with Gasteiger partial charge in [0.2, 0.25) is 0 Å². The van der Waals surface area contributed by atoms with Crippen LogP contribution in [-0.2, 0) is 0 Å². The standard InChI is InChI=1S/C14H17NO/c1-10(11(2)16)15-14-9-5-7-12-6-3-4-8-13(12)14/h3-11,15-16H,1-2H3/t10-,11-/m0/s1. The van der Waals surface area contributed by atoms with Gasteiger partial charge in [0.05, 0.1) is 6.10 Å². The number of aliphatic hydroxyl groups excluding tert-OH is 1. The highest BCUT2D eigenvalue weighted by molar-refractivity contribution is 5.93. The van der Waals surface area contributed by atoms with E-state index in [1.165, 1.54) is 10.8 Å². The molecule has 0 unspecified atom stereocenters. The number of hydrogen-bond donors (Lipinski definition) is 2. The number of hydrogen-bond acceptors (Lipinski definition) is 2. The minimum atomic E-state index is -0.362. The SMILES string of the molecule is C[C@H](O)[C@H](C)Nc1cccc2ccccc12. The van der Waals surface area contributed by atoms with E-state index in [4.69, 9.17) is 0 Å². The molecule has 2 N–H and O–H groups in total. The van der Waals surface area contributed by atoms with Crippen molar-refractivity contribution in [1.29, 1.82) is 0 Å². The number of aliphatic hydroxyl groups is 1. The molecule has 0 fully saturated rings. The van der Waals surface area contributed by atoms with Crippen molar-refractivity contribution in [3.8, 4) is 0 Å². The summed E-state index contributed by atoms with van der Waals surface area (Å²) in [7, 11) is 0. The second kappa shape index (κ2) is 4.54. The Bertz CT molecular complexity index is 474. The molecule has 2 aromatic rings. The molecule has 0 aliphatic rings. The van der Waals surface area contributed by atoms with Gasteiger partial charge in [-0.1, -0.05) is 36.4 Å². The fourth-order valence-corrected chi connectivity index (χ4v) is 1.72. The van der Waals surface area contributed by atoms with Crippen LogP contribution in [0.25, 0.3) is 10.8 Å². The lowest BCUT2D eigenvalue weighted by Gasteiger charge is -2.19. The number of rotatable bonds is 3. The molecule has 0 amide bonds. The predicted octanol–water partition coefficient (Wildman–Crippen LogP) is 3.02. The molecule has 2 atom stereocenters. The van der Waals surface area contributed by atoms with E-state index in [1.807, 2.05) is 31.2 Å². The van der Waals surface area contributed by atoms with Gasteiger partial charge in [-0.25, -0.2) is 0 Å². The smallest absolute Gasteiger partial charge is 0.0710 e. The number of fused-ring (bicyclic) bond motifs is 1. The molecule has 0 radical (unpaired) electrons. The second-order valence-corrected chi connectivity index (χ2v) is 4.20. The molecule has 2 heteroatoms. The number of anilines is 1. The van der Waals surface area contributed by atoms with Gasteiger partial charge in [-0.2, -0.15) is 0 Å². The highest BCUT2D eigenvalue weighted by atomic mass is 16.3. The third-order valence-electron chi connectivity index (χ3n) is 2.90. The van der Waals surface area contributed by atoms with Crippen LogP contribution in [0.15, 0.2) is 42.5 Å². The zero-order valence-corrected chi connectivity index (χ0v) is 9.64. The first kappa shape index (κ1) is 11.0. The summed E-state index contributed by atoms with van der Waals surface area (Å²) >= 11 is 0. The molecule has 0 aliphatic carbocycles. The van der Waals surface area contributed by atoms with Gasteiger partial charge in [-0.05, 0) is 25.3 Å². The average molecular weight is 215 g/mol. The van der Waals surface area contributed by atoms with Crippen molar-refractivity contribution >= 4 is 16.5 Å². The Kier molecular flexibility index (Phi) is 3.11. The molecule has 0 heterocycles. The average Bonchev–Trinajstić information content (AvgIpc) is 2.29. The van der Waals surface area contributed by atoms with E-state index < -0.39 is 0 Å². The normalized spacial score (nSPS) is 14.7. The Morgan fingerprint density at radius 2 is 1.69 bits per heavy atom. The van der Waals surface area contributed by atoms with E-state index in [0.717, 1.165) is 5.69 Å². The fourth-order valence-electron chi connectivity index (χ4n) is 1.72. The van der Waals surface area contributed by atoms with Gasteiger partial charge in [0.15, 0.2) is 0 Å². The first-order valence-electron chi connectivity index (χ1n) is 5.61. The maximum atomic E-state index is 9.49. The summed E-state index contributed by atoms with van der Waals surface area (Å²) in [6.45, 7) is 3.77. The highest BCUT2D eigenvalue weighted by Gasteiger charge is 2.09. The van der Waals surface area contributed by atoms with Crippen molar-refractivity contribution in [2.24, 2.45) is 0 Å². The van der Waals surface area contributed by atoms with E-state index in [9.17, 15) is 5.11 Å². The minimum Gasteiger partial charge on any atom is -0.391 e. The quantitative estimate of drug-likeness (QED) is 0.825. The monoisotopic (exact) mass is 215 g/mol. The molecule has 0 bridgehead atoms. The Morgan fingerprint density at radius 1 is 1.00 bits per heavy atom. The topological polar surface area (TPSA) is 32.3 Å². The Morgan fingerprint density at radius 3 is 2.44 bits per heavy atom. The molecule has 2 nitrogen and oxygen atoms in total. The maximum absolute atomic E-state index is 9.49. The van der Waals surface area contributed by atoms with Gasteiger partial charge in [-0.15, -0.1) is 0 Å². The maximum Gasteiger partial charge on any atom is 0.0710 e. The molecular weight excluding hydrogens is 198 g/mol. The molecule has 16 heavy (non-hydrogen) atoms. The first-order valence-corrected chi connectivity index (χ1v) is 5.61. The molecule has 2 aromatic carbocycles.